The standard InChI is InChI=1S/C23H20N4O3S/c1-15-2-4-16(5-3-15)18-13-19-23(24-8-9-27(19)26-18)31-14-22(28)25-17-6-7-20-21(12-17)30-11-10-29-20/h2-9,12-13H,10-11,14H2,1H3,(H,25,28). The number of fused-ring (bicyclic) bond motifs is 2. The number of anilines is 1. The molecular weight excluding hydrogens is 412 g/mol. The van der Waals surface area contributed by atoms with Crippen LogP contribution in [0.2, 0.25) is 0 Å². The first-order chi connectivity index (χ1) is 15.2. The molecule has 4 aromatic rings. The van der Waals surface area contributed by atoms with Gasteiger partial charge in [-0.3, -0.25) is 4.79 Å². The fourth-order valence-corrected chi connectivity index (χ4v) is 4.10. The molecule has 0 saturated heterocycles. The summed E-state index contributed by atoms with van der Waals surface area (Å²) < 4.78 is 12.9. The first-order valence-corrected chi connectivity index (χ1v) is 10.9. The minimum atomic E-state index is -0.122. The Labute approximate surface area is 183 Å². The fourth-order valence-electron chi connectivity index (χ4n) is 3.33. The molecule has 3 heterocycles. The molecule has 1 amide bonds. The third-order valence-electron chi connectivity index (χ3n) is 4.87. The lowest BCUT2D eigenvalue weighted by Crippen LogP contribution is -2.17. The molecule has 2 aromatic carbocycles. The number of carbonyl (C=O) groups excluding carboxylic acids is 1. The van der Waals surface area contributed by atoms with Gasteiger partial charge in [-0.15, -0.1) is 0 Å². The van der Waals surface area contributed by atoms with Gasteiger partial charge in [0.05, 0.1) is 17.0 Å². The van der Waals surface area contributed by atoms with Crippen LogP contribution in [0.15, 0.2) is 66.0 Å². The Balaban J connectivity index is 1.29. The van der Waals surface area contributed by atoms with Crippen molar-refractivity contribution < 1.29 is 14.3 Å². The predicted octanol–water partition coefficient (Wildman–Crippen LogP) is 4.21. The van der Waals surface area contributed by atoms with Crippen molar-refractivity contribution in [2.24, 2.45) is 0 Å². The third-order valence-corrected chi connectivity index (χ3v) is 5.86. The number of benzene rings is 2. The van der Waals surface area contributed by atoms with Crippen LogP contribution >= 0.6 is 11.8 Å². The lowest BCUT2D eigenvalue weighted by molar-refractivity contribution is -0.113. The second-order valence-electron chi connectivity index (χ2n) is 7.15. The third kappa shape index (κ3) is 4.20. The van der Waals surface area contributed by atoms with Crippen LogP contribution in [0.1, 0.15) is 5.56 Å². The maximum Gasteiger partial charge on any atom is 0.234 e. The van der Waals surface area contributed by atoms with E-state index in [0.717, 1.165) is 21.8 Å². The normalized spacial score (nSPS) is 12.7. The fraction of sp³-hybridized carbons (Fsp3) is 0.174. The van der Waals surface area contributed by atoms with E-state index in [1.54, 1.807) is 28.9 Å². The minimum Gasteiger partial charge on any atom is -0.486 e. The molecule has 0 radical (unpaired) electrons. The van der Waals surface area contributed by atoms with Crippen molar-refractivity contribution in [1.82, 2.24) is 14.6 Å². The number of ether oxygens (including phenoxy) is 2. The molecule has 31 heavy (non-hydrogen) atoms. The lowest BCUT2D eigenvalue weighted by atomic mass is 10.1. The number of nitrogens with zero attached hydrogens (tertiary/aromatic N) is 3. The molecule has 1 aliphatic heterocycles. The van der Waals surface area contributed by atoms with Gasteiger partial charge in [-0.25, -0.2) is 9.50 Å². The Morgan fingerprint density at radius 2 is 1.90 bits per heavy atom. The van der Waals surface area contributed by atoms with Gasteiger partial charge >= 0.3 is 0 Å². The number of carbonyl (C=O) groups is 1. The number of hydrogen-bond acceptors (Lipinski definition) is 6. The smallest absolute Gasteiger partial charge is 0.234 e. The molecule has 0 bridgehead atoms. The first kappa shape index (κ1) is 19.4. The van der Waals surface area contributed by atoms with E-state index >= 15 is 0 Å². The van der Waals surface area contributed by atoms with Crippen molar-refractivity contribution in [2.75, 3.05) is 24.3 Å². The number of hydrogen-bond donors (Lipinski definition) is 1. The topological polar surface area (TPSA) is 77.8 Å². The maximum absolute atomic E-state index is 12.5. The Kier molecular flexibility index (Phi) is 5.21. The number of nitrogens with one attached hydrogen (secondary N) is 1. The van der Waals surface area contributed by atoms with Crippen LogP contribution in [0, 0.1) is 6.92 Å². The summed E-state index contributed by atoms with van der Waals surface area (Å²) in [6.07, 6.45) is 3.51. The molecule has 156 valence electrons. The number of aromatic nitrogens is 3. The van der Waals surface area contributed by atoms with Crippen molar-refractivity contribution in [3.8, 4) is 22.8 Å². The summed E-state index contributed by atoms with van der Waals surface area (Å²) in [4.78, 5) is 16.9. The summed E-state index contributed by atoms with van der Waals surface area (Å²) in [7, 11) is 0. The molecule has 0 atom stereocenters. The SMILES string of the molecule is Cc1ccc(-c2cc3c(SCC(=O)Nc4ccc5c(c4)OCCO5)nccn3n2)cc1. The summed E-state index contributed by atoms with van der Waals surface area (Å²) in [6.45, 7) is 3.10. The Morgan fingerprint density at radius 1 is 1.10 bits per heavy atom. The average Bonchev–Trinajstić information content (AvgIpc) is 3.23. The van der Waals surface area contributed by atoms with E-state index < -0.39 is 0 Å². The predicted molar refractivity (Wildman–Crippen MR) is 120 cm³/mol. The maximum atomic E-state index is 12.5. The van der Waals surface area contributed by atoms with Crippen molar-refractivity contribution in [3.05, 3.63) is 66.5 Å². The van der Waals surface area contributed by atoms with Crippen LogP contribution in [-0.4, -0.2) is 39.5 Å². The highest BCUT2D eigenvalue weighted by atomic mass is 32.2. The zero-order valence-corrected chi connectivity index (χ0v) is 17.7. The largest absolute Gasteiger partial charge is 0.486 e. The molecule has 0 unspecified atom stereocenters. The van der Waals surface area contributed by atoms with Gasteiger partial charge in [-0.1, -0.05) is 41.6 Å². The monoisotopic (exact) mass is 432 g/mol. The highest BCUT2D eigenvalue weighted by molar-refractivity contribution is 8.00. The van der Waals surface area contributed by atoms with Gasteiger partial charge in [0.15, 0.2) is 11.5 Å². The minimum absolute atomic E-state index is 0.122. The van der Waals surface area contributed by atoms with Crippen molar-refractivity contribution in [1.29, 1.82) is 0 Å². The Morgan fingerprint density at radius 3 is 2.74 bits per heavy atom. The number of aryl methyl sites for hydroxylation is 1. The number of thioether (sulfide) groups is 1. The summed E-state index contributed by atoms with van der Waals surface area (Å²) in [5.74, 6) is 1.45. The molecule has 0 aliphatic carbocycles. The Hall–Kier alpha value is -3.52. The average molecular weight is 433 g/mol. The van der Waals surface area contributed by atoms with E-state index in [2.05, 4.69) is 46.6 Å². The highest BCUT2D eigenvalue weighted by Gasteiger charge is 2.14. The second-order valence-corrected chi connectivity index (χ2v) is 8.12. The van der Waals surface area contributed by atoms with Crippen molar-refractivity contribution >= 4 is 28.9 Å². The van der Waals surface area contributed by atoms with Crippen LogP contribution in [-0.2, 0) is 4.79 Å². The van der Waals surface area contributed by atoms with E-state index in [1.807, 2.05) is 12.3 Å². The van der Waals surface area contributed by atoms with E-state index in [4.69, 9.17) is 9.47 Å². The summed E-state index contributed by atoms with van der Waals surface area (Å²) in [6, 6.07) is 15.6. The van der Waals surface area contributed by atoms with Gasteiger partial charge in [0.2, 0.25) is 5.91 Å². The van der Waals surface area contributed by atoms with Gasteiger partial charge in [0.25, 0.3) is 0 Å². The number of amides is 1. The van der Waals surface area contributed by atoms with E-state index in [0.29, 0.717) is 30.4 Å². The first-order valence-electron chi connectivity index (χ1n) is 9.89. The van der Waals surface area contributed by atoms with Crippen molar-refractivity contribution in [3.63, 3.8) is 0 Å². The van der Waals surface area contributed by atoms with E-state index in [-0.39, 0.29) is 11.7 Å². The van der Waals surface area contributed by atoms with Crippen LogP contribution in [0.25, 0.3) is 16.8 Å². The molecule has 0 spiro atoms. The van der Waals surface area contributed by atoms with Gasteiger partial charge in [0, 0.05) is 29.7 Å². The van der Waals surface area contributed by atoms with E-state index in [9.17, 15) is 4.79 Å². The van der Waals surface area contributed by atoms with Crippen LogP contribution in [0.4, 0.5) is 5.69 Å². The summed E-state index contributed by atoms with van der Waals surface area (Å²) in [5, 5.41) is 8.30. The molecule has 1 aliphatic rings. The van der Waals surface area contributed by atoms with Crippen LogP contribution < -0.4 is 14.8 Å². The number of rotatable bonds is 5. The summed E-state index contributed by atoms with van der Waals surface area (Å²) >= 11 is 1.38. The van der Waals surface area contributed by atoms with Crippen LogP contribution in [0.3, 0.4) is 0 Å². The molecule has 7 nitrogen and oxygen atoms in total. The van der Waals surface area contributed by atoms with Gasteiger partial charge in [-0.2, -0.15) is 5.10 Å². The van der Waals surface area contributed by atoms with Gasteiger partial charge in [0.1, 0.15) is 18.2 Å². The molecule has 2 aromatic heterocycles. The lowest BCUT2D eigenvalue weighted by Gasteiger charge is -2.19. The second kappa shape index (κ2) is 8.31. The zero-order chi connectivity index (χ0) is 21.2. The molecule has 0 fully saturated rings. The summed E-state index contributed by atoms with van der Waals surface area (Å²) in [5.41, 5.74) is 4.66. The molecular formula is C23H20N4O3S. The molecule has 5 rings (SSSR count). The molecule has 0 saturated carbocycles. The van der Waals surface area contributed by atoms with Gasteiger partial charge < -0.3 is 14.8 Å². The van der Waals surface area contributed by atoms with Gasteiger partial charge in [-0.05, 0) is 25.1 Å². The Bertz CT molecular complexity index is 1250. The van der Waals surface area contributed by atoms with E-state index in [1.165, 1.54) is 17.3 Å². The zero-order valence-electron chi connectivity index (χ0n) is 16.9. The molecule has 8 heteroatoms. The highest BCUT2D eigenvalue weighted by Crippen LogP contribution is 2.33. The molecule has 1 N–H and O–H groups in total. The van der Waals surface area contributed by atoms with Crippen LogP contribution in [0.5, 0.6) is 11.5 Å². The van der Waals surface area contributed by atoms with Crippen molar-refractivity contribution in [2.45, 2.75) is 11.9 Å². The quantitative estimate of drug-likeness (QED) is 0.476.